The van der Waals surface area contributed by atoms with Crippen molar-refractivity contribution in [3.63, 3.8) is 0 Å². The Morgan fingerprint density at radius 3 is 2.83 bits per heavy atom. The minimum atomic E-state index is -0.775. The van der Waals surface area contributed by atoms with Gasteiger partial charge in [-0.25, -0.2) is 0 Å². The molecule has 2 N–H and O–H groups in total. The van der Waals surface area contributed by atoms with Crippen molar-refractivity contribution in [2.24, 2.45) is 5.41 Å². The lowest BCUT2D eigenvalue weighted by molar-refractivity contribution is -0.147. The number of hydrogen-bond acceptors (Lipinski definition) is 3. The van der Waals surface area contributed by atoms with Gasteiger partial charge in [-0.05, 0) is 26.1 Å². The summed E-state index contributed by atoms with van der Waals surface area (Å²) in [6.45, 7) is 7.61. The molecule has 2 aliphatic heterocycles. The van der Waals surface area contributed by atoms with Crippen molar-refractivity contribution in [3.8, 4) is 0 Å². The normalized spacial score (nSPS) is 23.7. The molecule has 2 heterocycles. The molecule has 0 aliphatic carbocycles. The van der Waals surface area contributed by atoms with Gasteiger partial charge in [0, 0.05) is 32.7 Å². The summed E-state index contributed by atoms with van der Waals surface area (Å²) in [6.07, 6.45) is 0. The minimum absolute atomic E-state index is 0. The minimum Gasteiger partial charge on any atom is -0.481 e. The van der Waals surface area contributed by atoms with E-state index in [-0.39, 0.29) is 12.4 Å². The molecule has 0 saturated carbocycles. The second-order valence-corrected chi connectivity index (χ2v) is 5.77. The fourth-order valence-electron chi connectivity index (χ4n) is 2.37. The Hall–Kier alpha value is -0.590. The number of aliphatic carboxylic acids is 1. The summed E-state index contributed by atoms with van der Waals surface area (Å²) >= 11 is 5.42. The fraction of sp³-hybridized carbons (Fsp3) is 0.818. The number of rotatable bonds is 3. The van der Waals surface area contributed by atoms with Crippen molar-refractivity contribution in [1.29, 1.82) is 0 Å². The highest BCUT2D eigenvalue weighted by Crippen LogP contribution is 2.24. The SMILES string of the molecule is CC(C)(CN1CC2CNCCN2C1=S)C(=O)O.Cl. The van der Waals surface area contributed by atoms with Crippen LogP contribution in [0.1, 0.15) is 13.8 Å². The summed E-state index contributed by atoms with van der Waals surface area (Å²) in [5.74, 6) is -0.775. The highest BCUT2D eigenvalue weighted by Gasteiger charge is 2.39. The first-order chi connectivity index (χ1) is 7.92. The average Bonchev–Trinajstić information content (AvgIpc) is 2.56. The number of halogens is 1. The molecule has 2 aliphatic rings. The molecule has 1 atom stereocenters. The standard InChI is InChI=1S/C11H19N3O2S.ClH/c1-11(2,9(15)16)7-13-6-8-5-12-3-4-14(8)10(13)17;/h8,12H,3-7H2,1-2H3,(H,15,16);1H. The second kappa shape index (κ2) is 5.59. The molecular formula is C11H20ClN3O2S. The van der Waals surface area contributed by atoms with E-state index in [4.69, 9.17) is 17.3 Å². The largest absolute Gasteiger partial charge is 0.481 e. The number of nitrogens with one attached hydrogen (secondary N) is 1. The molecule has 18 heavy (non-hydrogen) atoms. The summed E-state index contributed by atoms with van der Waals surface area (Å²) in [5, 5.41) is 13.3. The van der Waals surface area contributed by atoms with Crippen LogP contribution in [0.3, 0.4) is 0 Å². The molecule has 2 rings (SSSR count). The van der Waals surface area contributed by atoms with Crippen LogP contribution >= 0.6 is 24.6 Å². The molecular weight excluding hydrogens is 274 g/mol. The summed E-state index contributed by atoms with van der Waals surface area (Å²) in [5.41, 5.74) is -0.758. The molecule has 0 radical (unpaired) electrons. The van der Waals surface area contributed by atoms with Crippen LogP contribution < -0.4 is 5.32 Å². The number of nitrogens with zero attached hydrogens (tertiary/aromatic N) is 2. The van der Waals surface area contributed by atoms with E-state index >= 15 is 0 Å². The van der Waals surface area contributed by atoms with Gasteiger partial charge in [-0.3, -0.25) is 4.79 Å². The molecule has 0 aromatic carbocycles. The Labute approximate surface area is 119 Å². The Morgan fingerprint density at radius 1 is 1.61 bits per heavy atom. The van der Waals surface area contributed by atoms with Gasteiger partial charge in [0.25, 0.3) is 0 Å². The number of carboxylic acid groups (broad SMARTS) is 1. The molecule has 0 aromatic rings. The van der Waals surface area contributed by atoms with E-state index in [0.29, 0.717) is 12.6 Å². The number of piperazine rings is 1. The number of carbonyl (C=O) groups is 1. The molecule has 5 nitrogen and oxygen atoms in total. The molecule has 2 saturated heterocycles. The number of fused-ring (bicyclic) bond motifs is 1. The van der Waals surface area contributed by atoms with E-state index in [1.807, 2.05) is 4.90 Å². The average molecular weight is 294 g/mol. The van der Waals surface area contributed by atoms with Crippen molar-refractivity contribution in [2.45, 2.75) is 19.9 Å². The van der Waals surface area contributed by atoms with Crippen molar-refractivity contribution in [2.75, 3.05) is 32.7 Å². The molecule has 1 unspecified atom stereocenters. The second-order valence-electron chi connectivity index (χ2n) is 5.40. The van der Waals surface area contributed by atoms with Gasteiger partial charge in [-0.1, -0.05) is 0 Å². The Bertz CT molecular complexity index is 351. The highest BCUT2D eigenvalue weighted by molar-refractivity contribution is 7.80. The molecule has 0 spiro atoms. The first-order valence-electron chi connectivity index (χ1n) is 5.91. The Morgan fingerprint density at radius 2 is 2.28 bits per heavy atom. The van der Waals surface area contributed by atoms with Gasteiger partial charge in [0.15, 0.2) is 5.11 Å². The smallest absolute Gasteiger partial charge is 0.310 e. The van der Waals surface area contributed by atoms with Gasteiger partial charge >= 0.3 is 5.97 Å². The zero-order valence-corrected chi connectivity index (χ0v) is 12.3. The predicted molar refractivity (Wildman–Crippen MR) is 76.2 cm³/mol. The summed E-state index contributed by atoms with van der Waals surface area (Å²) in [4.78, 5) is 15.4. The number of thiocarbonyl (C=S) groups is 1. The summed E-state index contributed by atoms with van der Waals surface area (Å²) in [6, 6.07) is 0.404. The van der Waals surface area contributed by atoms with Crippen molar-refractivity contribution < 1.29 is 9.90 Å². The highest BCUT2D eigenvalue weighted by atomic mass is 35.5. The van der Waals surface area contributed by atoms with Gasteiger partial charge in [-0.2, -0.15) is 0 Å². The first-order valence-corrected chi connectivity index (χ1v) is 6.32. The first kappa shape index (κ1) is 15.5. The summed E-state index contributed by atoms with van der Waals surface area (Å²) in [7, 11) is 0. The third kappa shape index (κ3) is 2.87. The van der Waals surface area contributed by atoms with Gasteiger partial charge < -0.3 is 20.2 Å². The van der Waals surface area contributed by atoms with E-state index in [9.17, 15) is 4.79 Å². The van der Waals surface area contributed by atoms with E-state index in [1.54, 1.807) is 13.8 Å². The van der Waals surface area contributed by atoms with E-state index in [0.717, 1.165) is 31.3 Å². The van der Waals surface area contributed by atoms with Crippen LogP contribution in [0.5, 0.6) is 0 Å². The molecule has 7 heteroatoms. The summed E-state index contributed by atoms with van der Waals surface area (Å²) < 4.78 is 0. The monoisotopic (exact) mass is 293 g/mol. The molecule has 0 aromatic heterocycles. The molecule has 104 valence electrons. The fourth-order valence-corrected chi connectivity index (χ4v) is 2.75. The van der Waals surface area contributed by atoms with Gasteiger partial charge in [-0.15, -0.1) is 12.4 Å². The van der Waals surface area contributed by atoms with Crippen molar-refractivity contribution >= 4 is 35.7 Å². The van der Waals surface area contributed by atoms with E-state index in [1.165, 1.54) is 0 Å². The molecule has 2 fully saturated rings. The van der Waals surface area contributed by atoms with E-state index < -0.39 is 11.4 Å². The van der Waals surface area contributed by atoms with Crippen LogP contribution in [0.2, 0.25) is 0 Å². The van der Waals surface area contributed by atoms with Crippen molar-refractivity contribution in [1.82, 2.24) is 15.1 Å². The van der Waals surface area contributed by atoms with Crippen LogP contribution in [0.4, 0.5) is 0 Å². The van der Waals surface area contributed by atoms with Gasteiger partial charge in [0.1, 0.15) is 0 Å². The topological polar surface area (TPSA) is 55.8 Å². The predicted octanol–water partition coefficient (Wildman–Crippen LogP) is 0.393. The number of carboxylic acids is 1. The van der Waals surface area contributed by atoms with Crippen molar-refractivity contribution in [3.05, 3.63) is 0 Å². The zero-order valence-electron chi connectivity index (χ0n) is 10.7. The van der Waals surface area contributed by atoms with Crippen LogP contribution in [0.25, 0.3) is 0 Å². The van der Waals surface area contributed by atoms with Gasteiger partial charge in [0.2, 0.25) is 0 Å². The third-order valence-electron chi connectivity index (χ3n) is 3.46. The maximum absolute atomic E-state index is 11.1. The zero-order chi connectivity index (χ0) is 12.6. The van der Waals surface area contributed by atoms with Crippen LogP contribution in [0.15, 0.2) is 0 Å². The Kier molecular flexibility index (Phi) is 4.80. The lowest BCUT2D eigenvalue weighted by Crippen LogP contribution is -2.49. The van der Waals surface area contributed by atoms with Crippen LogP contribution in [0, 0.1) is 5.41 Å². The quantitative estimate of drug-likeness (QED) is 0.735. The van der Waals surface area contributed by atoms with Crippen LogP contribution in [-0.2, 0) is 4.79 Å². The molecule has 0 amide bonds. The van der Waals surface area contributed by atoms with E-state index in [2.05, 4.69) is 10.2 Å². The Balaban J connectivity index is 0.00000162. The lowest BCUT2D eigenvalue weighted by Gasteiger charge is -2.30. The number of hydrogen-bond donors (Lipinski definition) is 2. The maximum Gasteiger partial charge on any atom is 0.310 e. The lowest BCUT2D eigenvalue weighted by atomic mass is 9.93. The molecule has 0 bridgehead atoms. The van der Waals surface area contributed by atoms with Crippen LogP contribution in [-0.4, -0.2) is 64.8 Å². The maximum atomic E-state index is 11.1. The van der Waals surface area contributed by atoms with Gasteiger partial charge in [0.05, 0.1) is 11.5 Å². The third-order valence-corrected chi connectivity index (χ3v) is 3.96.